The van der Waals surface area contributed by atoms with Crippen molar-refractivity contribution in [3.05, 3.63) is 93.0 Å². The van der Waals surface area contributed by atoms with Crippen molar-refractivity contribution in [3.8, 4) is 0 Å². The molecule has 0 amide bonds. The van der Waals surface area contributed by atoms with Crippen LogP contribution >= 0.6 is 16.5 Å². The molecule has 406 valence electrons. The minimum absolute atomic E-state index is 0.0593. The molecule has 4 aromatic carbocycles. The summed E-state index contributed by atoms with van der Waals surface area (Å²) in [4.78, 5) is 0. The summed E-state index contributed by atoms with van der Waals surface area (Å²) in [6.45, 7) is 55.3. The van der Waals surface area contributed by atoms with E-state index < -0.39 is 16.5 Å². The van der Waals surface area contributed by atoms with Crippen molar-refractivity contribution < 1.29 is 25.8 Å². The third kappa shape index (κ3) is 11.6. The van der Waals surface area contributed by atoms with Gasteiger partial charge in [0.1, 0.15) is 22.3 Å². The van der Waals surface area contributed by atoms with Crippen LogP contribution in [0.3, 0.4) is 0 Å². The van der Waals surface area contributed by atoms with Gasteiger partial charge in [-0.3, -0.25) is 9.05 Å². The van der Waals surface area contributed by atoms with Crippen molar-refractivity contribution >= 4 is 60.4 Å². The topological polar surface area (TPSA) is 71.0 Å². The van der Waals surface area contributed by atoms with Gasteiger partial charge in [0.25, 0.3) is 0 Å². The molecule has 6 aromatic rings. The normalized spacial score (nSPS) is 19.9. The molecule has 8 rings (SSSR count). The maximum atomic E-state index is 7.44. The minimum atomic E-state index is -1.86. The Kier molecular flexibility index (Phi) is 14.7. The van der Waals surface area contributed by atoms with Gasteiger partial charge in [0.2, 0.25) is 0 Å². The van der Waals surface area contributed by atoms with E-state index in [1.165, 1.54) is 44.5 Å². The van der Waals surface area contributed by atoms with Gasteiger partial charge in [0.05, 0.1) is 12.2 Å². The zero-order valence-corrected chi connectivity index (χ0v) is 52.3. The Morgan fingerprint density at radius 2 is 0.527 bits per heavy atom. The van der Waals surface area contributed by atoms with E-state index in [2.05, 4.69) is 215 Å². The molecule has 0 N–H and O–H groups in total. The smallest absolute Gasteiger partial charge is 0.387 e. The second-order valence-corrected chi connectivity index (χ2v) is 32.9. The van der Waals surface area contributed by atoms with Crippen LogP contribution in [0.2, 0.25) is 0 Å². The van der Waals surface area contributed by atoms with E-state index in [0.29, 0.717) is 0 Å². The van der Waals surface area contributed by atoms with Crippen molar-refractivity contribution in [1.29, 1.82) is 0 Å². The summed E-state index contributed by atoms with van der Waals surface area (Å²) in [6.07, 6.45) is 6.07. The summed E-state index contributed by atoms with van der Waals surface area (Å²) in [5.41, 5.74) is 12.3. The van der Waals surface area contributed by atoms with Crippen LogP contribution < -0.4 is 9.05 Å². The molecular weight excluding hydrogens is 951 g/mol. The summed E-state index contributed by atoms with van der Waals surface area (Å²) < 4.78 is 44.3. The van der Waals surface area contributed by atoms with Gasteiger partial charge < -0.3 is 16.8 Å². The lowest BCUT2D eigenvalue weighted by Crippen LogP contribution is -2.33. The molecule has 74 heavy (non-hydrogen) atoms. The zero-order valence-electron chi connectivity index (χ0n) is 50.5. The first-order valence-electron chi connectivity index (χ1n) is 28.1. The number of fused-ring (bicyclic) bond motifs is 6. The molecule has 2 aromatic heterocycles. The van der Waals surface area contributed by atoms with Gasteiger partial charge in [-0.2, -0.15) is 0 Å². The lowest BCUT2D eigenvalue weighted by molar-refractivity contribution is 0.100. The lowest BCUT2D eigenvalue weighted by atomic mass is 9.77. The Morgan fingerprint density at radius 1 is 0.311 bits per heavy atom. The molecule has 2 heterocycles. The molecule has 4 atom stereocenters. The van der Waals surface area contributed by atoms with E-state index in [4.69, 9.17) is 25.8 Å². The summed E-state index contributed by atoms with van der Waals surface area (Å²) >= 11 is 0. The fourth-order valence-electron chi connectivity index (χ4n) is 11.5. The summed E-state index contributed by atoms with van der Waals surface area (Å²) in [5.74, 6) is 0.520. The Morgan fingerprint density at radius 3 is 0.716 bits per heavy atom. The number of rotatable bonds is 5. The lowest BCUT2D eigenvalue weighted by Gasteiger charge is -2.28. The number of benzene rings is 4. The van der Waals surface area contributed by atoms with Crippen LogP contribution in [0.15, 0.2) is 65.3 Å². The van der Waals surface area contributed by atoms with E-state index in [-0.39, 0.29) is 67.4 Å². The molecule has 0 saturated heterocycles. The van der Waals surface area contributed by atoms with E-state index >= 15 is 0 Å². The predicted molar refractivity (Wildman–Crippen MR) is 318 cm³/mol. The molecule has 2 aliphatic rings. The highest BCUT2D eigenvalue weighted by atomic mass is 31.1. The van der Waals surface area contributed by atoms with Crippen LogP contribution in [-0.4, -0.2) is 12.2 Å². The Hall–Kier alpha value is -3.40. The summed E-state index contributed by atoms with van der Waals surface area (Å²) in [5, 5.41) is 4.38. The highest BCUT2D eigenvalue weighted by Gasteiger charge is 2.44. The Labute approximate surface area is 449 Å². The predicted octanol–water partition coefficient (Wildman–Crippen LogP) is 21.2. The summed E-state index contributed by atoms with van der Waals surface area (Å²) in [7, 11) is -3.71. The van der Waals surface area contributed by atoms with Crippen molar-refractivity contribution in [1.82, 2.24) is 0 Å². The Balaban J connectivity index is 1.30. The van der Waals surface area contributed by atoms with Gasteiger partial charge in [0.15, 0.2) is 0 Å². The second kappa shape index (κ2) is 19.2. The quantitative estimate of drug-likeness (QED) is 0.171. The molecule has 0 radical (unpaired) electrons. The molecule has 0 unspecified atom stereocenters. The minimum Gasteiger partial charge on any atom is -0.399 e. The van der Waals surface area contributed by atoms with Crippen molar-refractivity contribution in [3.63, 3.8) is 0 Å². The van der Waals surface area contributed by atoms with Crippen molar-refractivity contribution in [2.45, 2.75) is 260 Å². The fraction of sp³-hybridized carbons (Fsp3) is 0.636. The van der Waals surface area contributed by atoms with E-state index in [1.54, 1.807) is 0 Å². The SMILES string of the molecule is CC(C)(C)c1cc(C(C)(C)C)c2op(O[C@@H]3CCC[C@@H]3[C@H]3CCC[C@H]3Op3oc4c(C(C)(C)C)cc(C(C)(C)C)cc4c4cc(C(C)(C)C)cc(C(C)(C)C)c4o3)oc3c(C(C)(C)C)cc(C(C)(C)C)cc3c2c1. The first kappa shape index (κ1) is 56.8. The van der Waals surface area contributed by atoms with Crippen LogP contribution in [0.4, 0.5) is 0 Å². The van der Waals surface area contributed by atoms with Gasteiger partial charge in [-0.05, 0) is 127 Å². The van der Waals surface area contributed by atoms with Crippen molar-refractivity contribution in [2.24, 2.45) is 11.8 Å². The van der Waals surface area contributed by atoms with E-state index in [0.717, 1.165) is 82.4 Å². The van der Waals surface area contributed by atoms with E-state index in [9.17, 15) is 0 Å². The molecule has 2 aliphatic carbocycles. The average molecular weight is 1050 g/mol. The van der Waals surface area contributed by atoms with Crippen molar-refractivity contribution in [2.75, 3.05) is 0 Å². The third-order valence-electron chi connectivity index (χ3n) is 16.3. The average Bonchev–Trinajstić information content (AvgIpc) is 3.81. The first-order valence-corrected chi connectivity index (χ1v) is 30.3. The molecule has 2 saturated carbocycles. The van der Waals surface area contributed by atoms with Gasteiger partial charge in [-0.25, -0.2) is 0 Å². The largest absolute Gasteiger partial charge is 0.399 e. The number of hydrogen-bond acceptors (Lipinski definition) is 6. The van der Waals surface area contributed by atoms with Crippen LogP contribution in [0.25, 0.3) is 43.9 Å². The molecule has 2 fully saturated rings. The standard InChI is InChI=1S/C66H96O6P2/c1-59(2,3)39-31-45-46-32-40(60(4,5)6)36-50(64(16,17)18)56(46)70-73(69-55(45)49(35-39)63(13,14)15)67-53-29-25-27-43(53)44-28-26-30-54(44)68-74-71-57-47(33-41(61(7,8)9)37-51(57)65(19,20)21)48-34-42(62(10,11)12)38-52(58(48)72-74)66(22,23)24/h31-38,43-44,53-54H,25-30H2,1-24H3/t43-,44-,53-,54-/m1/s1. The van der Waals surface area contributed by atoms with Gasteiger partial charge in [0, 0.05) is 43.8 Å². The molecule has 8 heteroatoms. The third-order valence-corrected chi connectivity index (χ3v) is 18.5. The van der Waals surface area contributed by atoms with Crippen LogP contribution in [-0.2, 0) is 43.3 Å². The van der Waals surface area contributed by atoms with E-state index in [1.807, 2.05) is 0 Å². The van der Waals surface area contributed by atoms with Gasteiger partial charge >= 0.3 is 16.5 Å². The first-order chi connectivity index (χ1) is 33.7. The maximum Gasteiger partial charge on any atom is 0.387 e. The van der Waals surface area contributed by atoms with Crippen LogP contribution in [0.1, 0.15) is 249 Å². The summed E-state index contributed by atoms with van der Waals surface area (Å²) in [6, 6.07) is 19.0. The van der Waals surface area contributed by atoms with Crippen LogP contribution in [0, 0.1) is 11.8 Å². The monoisotopic (exact) mass is 1050 g/mol. The fourth-order valence-corrected chi connectivity index (χ4v) is 14.1. The second-order valence-electron chi connectivity index (χ2n) is 30.9. The highest BCUT2D eigenvalue weighted by molar-refractivity contribution is 7.32. The van der Waals surface area contributed by atoms with Gasteiger partial charge in [-0.1, -0.05) is 203 Å². The highest BCUT2D eigenvalue weighted by Crippen LogP contribution is 2.51. The molecule has 0 spiro atoms. The maximum absolute atomic E-state index is 7.44. The van der Waals surface area contributed by atoms with Crippen LogP contribution in [0.5, 0.6) is 0 Å². The number of hydrogen-bond donors (Lipinski definition) is 0. The Bertz CT molecular complexity index is 2760. The molecule has 0 aliphatic heterocycles. The van der Waals surface area contributed by atoms with Gasteiger partial charge in [-0.15, -0.1) is 0 Å². The molecular formula is C66H96O6P2. The molecule has 6 nitrogen and oxygen atoms in total. The molecule has 0 bridgehead atoms. The zero-order chi connectivity index (χ0) is 54.8.